The average molecular weight is 303 g/mol. The maximum atomic E-state index is 11.8. The van der Waals surface area contributed by atoms with Crippen LogP contribution in [0.1, 0.15) is 16.3 Å². The molecule has 0 aliphatic carbocycles. The molecule has 0 unspecified atom stereocenters. The lowest BCUT2D eigenvalue weighted by atomic mass is 10.4. The summed E-state index contributed by atoms with van der Waals surface area (Å²) in [5.41, 5.74) is 0. The Morgan fingerprint density at radius 2 is 1.95 bits per heavy atom. The zero-order chi connectivity index (χ0) is 15.3. The van der Waals surface area contributed by atoms with Crippen molar-refractivity contribution in [3.63, 3.8) is 0 Å². The van der Waals surface area contributed by atoms with Gasteiger partial charge in [0, 0.05) is 20.1 Å². The number of hydrogen-bond acceptors (Lipinski definition) is 5. The van der Waals surface area contributed by atoms with Crippen LogP contribution in [0, 0.1) is 0 Å². The lowest BCUT2D eigenvalue weighted by Gasteiger charge is -2.13. The SMILES string of the molecule is CN(C)Cc1ccc(C(=O)NCCN(C)S(C)(=O)=O)o1. The van der Waals surface area contributed by atoms with Gasteiger partial charge in [0.15, 0.2) is 5.76 Å². The van der Waals surface area contributed by atoms with Crippen molar-refractivity contribution in [3.8, 4) is 0 Å². The molecular formula is C12H21N3O4S. The van der Waals surface area contributed by atoms with Gasteiger partial charge < -0.3 is 14.6 Å². The molecule has 0 spiro atoms. The second kappa shape index (κ2) is 6.87. The minimum absolute atomic E-state index is 0.218. The molecule has 0 radical (unpaired) electrons. The number of likely N-dealkylation sites (N-methyl/N-ethyl adjacent to an activating group) is 1. The molecule has 0 saturated heterocycles. The highest BCUT2D eigenvalue weighted by Crippen LogP contribution is 2.09. The number of furan rings is 1. The molecule has 114 valence electrons. The van der Waals surface area contributed by atoms with E-state index in [4.69, 9.17) is 4.42 Å². The minimum Gasteiger partial charge on any atom is -0.455 e. The Morgan fingerprint density at radius 3 is 2.50 bits per heavy atom. The van der Waals surface area contributed by atoms with Gasteiger partial charge in [-0.3, -0.25) is 4.79 Å². The number of hydrogen-bond donors (Lipinski definition) is 1. The summed E-state index contributed by atoms with van der Waals surface area (Å²) in [6.07, 6.45) is 1.12. The molecule has 8 heteroatoms. The van der Waals surface area contributed by atoms with Gasteiger partial charge in [-0.05, 0) is 26.2 Å². The van der Waals surface area contributed by atoms with Gasteiger partial charge >= 0.3 is 0 Å². The number of carbonyl (C=O) groups excluding carboxylic acids is 1. The molecule has 0 bridgehead atoms. The van der Waals surface area contributed by atoms with Crippen molar-refractivity contribution in [1.82, 2.24) is 14.5 Å². The zero-order valence-corrected chi connectivity index (χ0v) is 13.0. The van der Waals surface area contributed by atoms with Crippen LogP contribution in [0.5, 0.6) is 0 Å². The highest BCUT2D eigenvalue weighted by molar-refractivity contribution is 7.88. The van der Waals surface area contributed by atoms with Crippen molar-refractivity contribution < 1.29 is 17.6 Å². The minimum atomic E-state index is -3.22. The first-order chi connectivity index (χ1) is 9.20. The first-order valence-corrected chi connectivity index (χ1v) is 7.98. The third-order valence-electron chi connectivity index (χ3n) is 2.64. The molecule has 0 fully saturated rings. The smallest absolute Gasteiger partial charge is 0.287 e. The fraction of sp³-hybridized carbons (Fsp3) is 0.583. The molecule has 0 aliphatic heterocycles. The standard InChI is InChI=1S/C12H21N3O4S/c1-14(2)9-10-5-6-11(19-10)12(16)13-7-8-15(3)20(4,17)18/h5-6H,7-9H2,1-4H3,(H,13,16). The number of nitrogens with zero attached hydrogens (tertiary/aromatic N) is 2. The Morgan fingerprint density at radius 1 is 1.30 bits per heavy atom. The number of nitrogens with one attached hydrogen (secondary N) is 1. The molecule has 1 amide bonds. The largest absolute Gasteiger partial charge is 0.455 e. The normalized spacial score (nSPS) is 12.1. The van der Waals surface area contributed by atoms with Crippen molar-refractivity contribution in [3.05, 3.63) is 23.7 Å². The van der Waals surface area contributed by atoms with Crippen LogP contribution in [-0.4, -0.2) is 64.0 Å². The predicted octanol–water partition coefficient (Wildman–Crippen LogP) is -0.0376. The van der Waals surface area contributed by atoms with Gasteiger partial charge in [0.05, 0.1) is 12.8 Å². The Balaban J connectivity index is 2.45. The Labute approximate surface area is 119 Å². The van der Waals surface area contributed by atoms with Gasteiger partial charge in [-0.25, -0.2) is 12.7 Å². The van der Waals surface area contributed by atoms with E-state index in [-0.39, 0.29) is 24.8 Å². The lowest BCUT2D eigenvalue weighted by molar-refractivity contribution is 0.0921. The summed E-state index contributed by atoms with van der Waals surface area (Å²) in [7, 11) is 2.05. The van der Waals surface area contributed by atoms with Gasteiger partial charge in [0.1, 0.15) is 5.76 Å². The summed E-state index contributed by atoms with van der Waals surface area (Å²) < 4.78 is 28.9. The van der Waals surface area contributed by atoms with E-state index in [0.717, 1.165) is 6.26 Å². The second-order valence-corrected chi connectivity index (χ2v) is 6.93. The highest BCUT2D eigenvalue weighted by atomic mass is 32.2. The molecule has 1 aromatic heterocycles. The van der Waals surface area contributed by atoms with Crippen LogP contribution >= 0.6 is 0 Å². The second-order valence-electron chi connectivity index (χ2n) is 4.84. The van der Waals surface area contributed by atoms with Crippen molar-refractivity contribution in [1.29, 1.82) is 0 Å². The maximum absolute atomic E-state index is 11.8. The van der Waals surface area contributed by atoms with Crippen LogP contribution in [0.4, 0.5) is 0 Å². The van der Waals surface area contributed by atoms with Crippen LogP contribution < -0.4 is 5.32 Å². The zero-order valence-electron chi connectivity index (χ0n) is 12.2. The van der Waals surface area contributed by atoms with Gasteiger partial charge in [0.25, 0.3) is 5.91 Å². The van der Waals surface area contributed by atoms with Crippen molar-refractivity contribution in [2.75, 3.05) is 40.5 Å². The highest BCUT2D eigenvalue weighted by Gasteiger charge is 2.13. The summed E-state index contributed by atoms with van der Waals surface area (Å²) in [4.78, 5) is 13.7. The average Bonchev–Trinajstić information content (AvgIpc) is 2.75. The molecule has 1 N–H and O–H groups in total. The van der Waals surface area contributed by atoms with Crippen LogP contribution in [-0.2, 0) is 16.6 Å². The van der Waals surface area contributed by atoms with Gasteiger partial charge in [-0.1, -0.05) is 0 Å². The fourth-order valence-corrected chi connectivity index (χ4v) is 1.90. The summed E-state index contributed by atoms with van der Waals surface area (Å²) in [6, 6.07) is 3.35. The summed E-state index contributed by atoms with van der Waals surface area (Å²) in [5, 5.41) is 2.62. The molecule has 0 aromatic carbocycles. The van der Waals surface area contributed by atoms with Crippen molar-refractivity contribution in [2.45, 2.75) is 6.54 Å². The summed E-state index contributed by atoms with van der Waals surface area (Å²) >= 11 is 0. The van der Waals surface area contributed by atoms with E-state index in [1.54, 1.807) is 12.1 Å². The van der Waals surface area contributed by atoms with Gasteiger partial charge in [-0.2, -0.15) is 0 Å². The Kier molecular flexibility index (Phi) is 5.73. The van der Waals surface area contributed by atoms with Gasteiger partial charge in [0.2, 0.25) is 10.0 Å². The number of carbonyl (C=O) groups is 1. The lowest BCUT2D eigenvalue weighted by Crippen LogP contribution is -2.35. The van der Waals surface area contributed by atoms with E-state index >= 15 is 0 Å². The monoisotopic (exact) mass is 303 g/mol. The molecule has 0 saturated carbocycles. The summed E-state index contributed by atoms with van der Waals surface area (Å²) in [6.45, 7) is 1.06. The number of amides is 1. The van der Waals surface area contributed by atoms with Crippen LogP contribution in [0.3, 0.4) is 0 Å². The van der Waals surface area contributed by atoms with E-state index in [1.807, 2.05) is 19.0 Å². The summed E-state index contributed by atoms with van der Waals surface area (Å²) in [5.74, 6) is 0.578. The topological polar surface area (TPSA) is 82.9 Å². The van der Waals surface area contributed by atoms with E-state index < -0.39 is 10.0 Å². The molecule has 7 nitrogen and oxygen atoms in total. The first kappa shape index (κ1) is 16.7. The number of sulfonamides is 1. The molecule has 0 atom stereocenters. The number of rotatable bonds is 7. The van der Waals surface area contributed by atoms with Crippen LogP contribution in [0.15, 0.2) is 16.5 Å². The fourth-order valence-electron chi connectivity index (χ4n) is 1.48. The predicted molar refractivity (Wildman–Crippen MR) is 75.9 cm³/mol. The molecular weight excluding hydrogens is 282 g/mol. The Bertz CT molecular complexity index is 551. The van der Waals surface area contributed by atoms with E-state index in [0.29, 0.717) is 12.3 Å². The Hall–Kier alpha value is -1.38. The van der Waals surface area contributed by atoms with Crippen molar-refractivity contribution in [2.24, 2.45) is 0 Å². The van der Waals surface area contributed by atoms with Gasteiger partial charge in [-0.15, -0.1) is 0 Å². The molecule has 0 aliphatic rings. The molecule has 1 aromatic rings. The van der Waals surface area contributed by atoms with E-state index in [2.05, 4.69) is 5.32 Å². The van der Waals surface area contributed by atoms with Crippen LogP contribution in [0.25, 0.3) is 0 Å². The quantitative estimate of drug-likeness (QED) is 0.764. The molecule has 1 heterocycles. The van der Waals surface area contributed by atoms with E-state index in [9.17, 15) is 13.2 Å². The van der Waals surface area contributed by atoms with E-state index in [1.165, 1.54) is 11.4 Å². The maximum Gasteiger partial charge on any atom is 0.287 e. The van der Waals surface area contributed by atoms with Crippen molar-refractivity contribution >= 4 is 15.9 Å². The third-order valence-corrected chi connectivity index (χ3v) is 3.95. The third kappa shape index (κ3) is 5.32. The molecule has 1 rings (SSSR count). The first-order valence-electron chi connectivity index (χ1n) is 6.13. The van der Waals surface area contributed by atoms with Crippen LogP contribution in [0.2, 0.25) is 0 Å². The molecule has 20 heavy (non-hydrogen) atoms.